The lowest BCUT2D eigenvalue weighted by Gasteiger charge is -2.33. The van der Waals surface area contributed by atoms with E-state index in [4.69, 9.17) is 14.6 Å². The highest BCUT2D eigenvalue weighted by molar-refractivity contribution is 7.87. The van der Waals surface area contributed by atoms with E-state index in [1.54, 1.807) is 12.1 Å². The lowest BCUT2D eigenvalue weighted by molar-refractivity contribution is -0.00867. The van der Waals surface area contributed by atoms with Crippen molar-refractivity contribution in [3.8, 4) is 0 Å². The van der Waals surface area contributed by atoms with E-state index in [0.29, 0.717) is 6.42 Å². The third-order valence-electron chi connectivity index (χ3n) is 6.90. The Hall–Kier alpha value is -1.79. The van der Waals surface area contributed by atoms with Gasteiger partial charge in [-0.1, -0.05) is 12.1 Å². The van der Waals surface area contributed by atoms with E-state index in [0.717, 1.165) is 35.6 Å². The summed E-state index contributed by atoms with van der Waals surface area (Å²) in [5, 5.41) is 9.09. The fourth-order valence-corrected chi connectivity index (χ4v) is 6.14. The molecule has 1 aromatic rings. The lowest BCUT2D eigenvalue weighted by atomic mass is 9.82. The summed E-state index contributed by atoms with van der Waals surface area (Å²) in [7, 11) is -1.16. The number of nitrogens with one attached hydrogen (secondary N) is 1. The number of nitrogens with zero attached hydrogens (tertiary/aromatic N) is 2. The van der Waals surface area contributed by atoms with Crippen molar-refractivity contribution in [2.45, 2.75) is 69.2 Å². The number of aliphatic hydroxyl groups is 1. The first-order valence-electron chi connectivity index (χ1n) is 11.7. The van der Waals surface area contributed by atoms with Gasteiger partial charge >= 0.3 is 6.09 Å². The smallest absolute Gasteiger partial charge is 0.410 e. The second-order valence-electron chi connectivity index (χ2n) is 9.17. The van der Waals surface area contributed by atoms with Gasteiger partial charge in [0.2, 0.25) is 0 Å². The molecule has 1 heterocycles. The number of carbonyl (C=O) groups is 1. The zero-order valence-corrected chi connectivity index (χ0v) is 20.8. The summed E-state index contributed by atoms with van der Waals surface area (Å²) in [6, 6.07) is 5.40. The van der Waals surface area contributed by atoms with Gasteiger partial charge in [0.05, 0.1) is 32.5 Å². The van der Waals surface area contributed by atoms with Gasteiger partial charge in [0.1, 0.15) is 5.82 Å². The molecular formula is C23H36FN3O6S. The van der Waals surface area contributed by atoms with Crippen molar-refractivity contribution >= 4 is 16.3 Å². The maximum absolute atomic E-state index is 13.6. The summed E-state index contributed by atoms with van der Waals surface area (Å²) in [4.78, 5) is 14.0. The summed E-state index contributed by atoms with van der Waals surface area (Å²) in [6.07, 6.45) is 3.22. The molecule has 0 radical (unpaired) electrons. The number of hydrogen-bond donors (Lipinski definition) is 2. The molecule has 2 fully saturated rings. The van der Waals surface area contributed by atoms with Gasteiger partial charge in [0, 0.05) is 25.7 Å². The second kappa shape index (κ2) is 11.8. The minimum absolute atomic E-state index is 0.0190. The van der Waals surface area contributed by atoms with E-state index in [-0.39, 0.29) is 43.6 Å². The number of halogens is 1. The van der Waals surface area contributed by atoms with Crippen LogP contribution in [0.25, 0.3) is 0 Å². The van der Waals surface area contributed by atoms with Crippen molar-refractivity contribution < 1.29 is 32.2 Å². The van der Waals surface area contributed by atoms with Crippen molar-refractivity contribution in [2.24, 2.45) is 0 Å². The number of aliphatic hydroxyl groups excluding tert-OH is 1. The van der Waals surface area contributed by atoms with Gasteiger partial charge in [-0.3, -0.25) is 4.90 Å². The molecule has 3 atom stereocenters. The van der Waals surface area contributed by atoms with E-state index in [2.05, 4.69) is 4.72 Å². The molecule has 3 rings (SSSR count). The van der Waals surface area contributed by atoms with Crippen LogP contribution in [0.4, 0.5) is 9.18 Å². The predicted octanol–water partition coefficient (Wildman–Crippen LogP) is 2.22. The van der Waals surface area contributed by atoms with Crippen LogP contribution in [-0.2, 0) is 19.7 Å². The number of ether oxygens (including phenoxy) is 2. The molecule has 2 N–H and O–H groups in total. The molecule has 1 amide bonds. The van der Waals surface area contributed by atoms with Crippen LogP contribution < -0.4 is 4.72 Å². The largest absolute Gasteiger partial charge is 0.453 e. The Morgan fingerprint density at radius 1 is 1.29 bits per heavy atom. The molecule has 2 aliphatic rings. The Balaban J connectivity index is 1.63. The maximum Gasteiger partial charge on any atom is 0.410 e. The number of rotatable bonds is 9. The van der Waals surface area contributed by atoms with Crippen LogP contribution in [0.3, 0.4) is 0 Å². The van der Waals surface area contributed by atoms with E-state index >= 15 is 0 Å². The van der Waals surface area contributed by atoms with Crippen LogP contribution in [0.1, 0.15) is 50.5 Å². The molecule has 1 unspecified atom stereocenters. The molecule has 192 valence electrons. The topological polar surface area (TPSA) is 108 Å². The van der Waals surface area contributed by atoms with Crippen LogP contribution in [0.2, 0.25) is 0 Å². The Labute approximate surface area is 201 Å². The molecule has 0 spiro atoms. The van der Waals surface area contributed by atoms with Gasteiger partial charge in [-0.15, -0.1) is 0 Å². The molecule has 1 saturated carbocycles. The Kier molecular flexibility index (Phi) is 9.27. The highest BCUT2D eigenvalue weighted by Gasteiger charge is 2.45. The molecule has 1 aromatic carbocycles. The number of methoxy groups -OCH3 is 1. The van der Waals surface area contributed by atoms with Crippen molar-refractivity contribution in [3.63, 3.8) is 0 Å². The predicted molar refractivity (Wildman–Crippen MR) is 125 cm³/mol. The summed E-state index contributed by atoms with van der Waals surface area (Å²) in [5.41, 5.74) is 1.00. The SMILES string of the molecule is COC(=O)N1C(C)C[C@H](NS(=O)(=O)N(C)CCO)[C@@H]1COC1CCC(c2cccc(F)c2)CC1. The summed E-state index contributed by atoms with van der Waals surface area (Å²) in [6.45, 7) is 1.69. The van der Waals surface area contributed by atoms with Crippen LogP contribution in [0, 0.1) is 5.82 Å². The fourth-order valence-electron chi connectivity index (χ4n) is 5.00. The molecule has 0 aromatic heterocycles. The van der Waals surface area contributed by atoms with E-state index < -0.39 is 28.4 Å². The normalized spacial score (nSPS) is 27.8. The van der Waals surface area contributed by atoms with Crippen LogP contribution >= 0.6 is 0 Å². The van der Waals surface area contributed by atoms with Crippen molar-refractivity contribution in [1.29, 1.82) is 0 Å². The van der Waals surface area contributed by atoms with E-state index in [9.17, 15) is 17.6 Å². The molecular weight excluding hydrogens is 465 g/mol. The Bertz CT molecular complexity index is 925. The van der Waals surface area contributed by atoms with Gasteiger partial charge < -0.3 is 14.6 Å². The second-order valence-corrected chi connectivity index (χ2v) is 11.0. The molecule has 34 heavy (non-hydrogen) atoms. The molecule has 1 saturated heterocycles. The summed E-state index contributed by atoms with van der Waals surface area (Å²) in [5.74, 6) is 0.0579. The Morgan fingerprint density at radius 3 is 2.62 bits per heavy atom. The number of carbonyl (C=O) groups excluding carboxylic acids is 1. The third-order valence-corrected chi connectivity index (χ3v) is 8.50. The maximum atomic E-state index is 13.6. The molecule has 1 aliphatic carbocycles. The van der Waals surface area contributed by atoms with E-state index in [1.165, 1.54) is 25.1 Å². The van der Waals surface area contributed by atoms with Crippen molar-refractivity contribution in [3.05, 3.63) is 35.6 Å². The minimum atomic E-state index is -3.84. The number of hydrogen-bond acceptors (Lipinski definition) is 6. The first-order valence-corrected chi connectivity index (χ1v) is 13.2. The first-order chi connectivity index (χ1) is 16.2. The zero-order chi connectivity index (χ0) is 24.9. The van der Waals surface area contributed by atoms with Gasteiger partial charge in [-0.25, -0.2) is 9.18 Å². The molecule has 9 nitrogen and oxygen atoms in total. The summed E-state index contributed by atoms with van der Waals surface area (Å²) >= 11 is 0. The van der Waals surface area contributed by atoms with Gasteiger partial charge in [-0.2, -0.15) is 17.4 Å². The monoisotopic (exact) mass is 501 g/mol. The van der Waals surface area contributed by atoms with Crippen LogP contribution in [-0.4, -0.2) is 87.0 Å². The molecule has 11 heteroatoms. The average molecular weight is 502 g/mol. The fraction of sp³-hybridized carbons (Fsp3) is 0.696. The lowest BCUT2D eigenvalue weighted by Crippen LogP contribution is -2.53. The minimum Gasteiger partial charge on any atom is -0.453 e. The standard InChI is InChI=1S/C23H36FN3O6S/c1-16-13-21(25-34(30,31)26(2)11-12-28)22(27(16)23(29)32-3)15-33-20-9-7-17(8-10-20)18-5-4-6-19(24)14-18/h4-6,14,16-17,20-22,25,28H,7-13,15H2,1-3H3/t16?,17?,20?,21-,22-/m0/s1. The van der Waals surface area contributed by atoms with E-state index in [1.807, 2.05) is 13.0 Å². The van der Waals surface area contributed by atoms with Crippen LogP contribution in [0.5, 0.6) is 0 Å². The number of likely N-dealkylation sites (N-methyl/N-ethyl adjacent to an activating group) is 1. The van der Waals surface area contributed by atoms with Crippen LogP contribution in [0.15, 0.2) is 24.3 Å². The molecule has 1 aliphatic heterocycles. The molecule has 0 bridgehead atoms. The van der Waals surface area contributed by atoms with Gasteiger partial charge in [0.15, 0.2) is 0 Å². The summed E-state index contributed by atoms with van der Waals surface area (Å²) < 4.78 is 53.8. The van der Waals surface area contributed by atoms with Crippen molar-refractivity contribution in [1.82, 2.24) is 13.9 Å². The van der Waals surface area contributed by atoms with Gasteiger partial charge in [0.25, 0.3) is 10.2 Å². The average Bonchev–Trinajstić information content (AvgIpc) is 3.11. The number of likely N-dealkylation sites (tertiary alicyclic amines) is 1. The highest BCUT2D eigenvalue weighted by Crippen LogP contribution is 2.35. The number of benzene rings is 1. The van der Waals surface area contributed by atoms with Crippen molar-refractivity contribution in [2.75, 3.05) is 33.9 Å². The van der Waals surface area contributed by atoms with Gasteiger partial charge in [-0.05, 0) is 62.6 Å². The third kappa shape index (κ3) is 6.45. The number of amides is 1. The first kappa shape index (κ1) is 26.8. The quantitative estimate of drug-likeness (QED) is 0.537. The zero-order valence-electron chi connectivity index (χ0n) is 20.0. The Morgan fingerprint density at radius 2 is 2.00 bits per heavy atom. The highest BCUT2D eigenvalue weighted by atomic mass is 32.2.